The van der Waals surface area contributed by atoms with Gasteiger partial charge in [0.25, 0.3) is 0 Å². The van der Waals surface area contributed by atoms with E-state index in [9.17, 15) is 4.79 Å². The molecule has 0 fully saturated rings. The van der Waals surface area contributed by atoms with Crippen molar-refractivity contribution in [1.29, 1.82) is 0 Å². The molecule has 2 aromatic rings. The maximum absolute atomic E-state index is 11.3. The van der Waals surface area contributed by atoms with Gasteiger partial charge in [-0.05, 0) is 6.42 Å². The third-order valence-electron chi connectivity index (χ3n) is 2.17. The number of aryl methyl sites for hydroxylation is 2. The molecular weight excluding hydrogens is 264 g/mol. The van der Waals surface area contributed by atoms with Crippen LogP contribution in [0.4, 0.5) is 0 Å². The van der Waals surface area contributed by atoms with E-state index in [1.165, 1.54) is 11.3 Å². The van der Waals surface area contributed by atoms with Crippen molar-refractivity contribution in [2.24, 2.45) is 0 Å². The number of alkyl halides is 1. The summed E-state index contributed by atoms with van der Waals surface area (Å²) in [4.78, 5) is 15.7. The summed E-state index contributed by atoms with van der Waals surface area (Å²) in [5.74, 6) is 0.473. The van der Waals surface area contributed by atoms with E-state index in [1.807, 2.05) is 17.0 Å². The van der Waals surface area contributed by atoms with Crippen LogP contribution in [0, 0.1) is 0 Å². The summed E-state index contributed by atoms with van der Waals surface area (Å²) in [6, 6.07) is 0. The molecule has 0 saturated heterocycles. The van der Waals surface area contributed by atoms with E-state index in [1.54, 1.807) is 15.9 Å². The Labute approximate surface area is 106 Å². The molecule has 0 spiro atoms. The number of hydrogen-bond donors (Lipinski definition) is 0. The predicted molar refractivity (Wildman–Crippen MR) is 68.6 cm³/mol. The zero-order valence-electron chi connectivity index (χ0n) is 8.56. The molecular formula is C10H11ClN2OS2. The van der Waals surface area contributed by atoms with E-state index < -0.39 is 0 Å². The molecule has 0 atom stereocenters. The van der Waals surface area contributed by atoms with Gasteiger partial charge in [0.1, 0.15) is 0 Å². The average molecular weight is 275 g/mol. The zero-order chi connectivity index (χ0) is 11.4. The van der Waals surface area contributed by atoms with Crippen molar-refractivity contribution in [3.05, 3.63) is 37.3 Å². The van der Waals surface area contributed by atoms with E-state index in [4.69, 9.17) is 11.6 Å². The normalized spacial score (nSPS) is 10.8. The highest BCUT2D eigenvalue weighted by molar-refractivity contribution is 7.09. The minimum atomic E-state index is 0.112. The molecule has 2 heterocycles. The molecule has 0 aliphatic rings. The Hall–Kier alpha value is -0.650. The Kier molecular flexibility index (Phi) is 4.15. The molecule has 0 amide bonds. The van der Waals surface area contributed by atoms with Crippen LogP contribution in [-0.4, -0.2) is 9.55 Å². The summed E-state index contributed by atoms with van der Waals surface area (Å²) in [6.45, 7) is 0.762. The summed E-state index contributed by atoms with van der Waals surface area (Å²) in [6.07, 6.45) is 3.68. The fourth-order valence-electron chi connectivity index (χ4n) is 1.38. The van der Waals surface area contributed by atoms with Crippen LogP contribution >= 0.6 is 34.3 Å². The molecule has 0 aliphatic heterocycles. The number of aromatic nitrogens is 2. The second kappa shape index (κ2) is 5.61. The molecule has 0 saturated carbocycles. The van der Waals surface area contributed by atoms with Gasteiger partial charge in [0.15, 0.2) is 0 Å². The molecule has 0 N–H and O–H groups in total. The highest BCUT2D eigenvalue weighted by Crippen LogP contribution is 2.13. The topological polar surface area (TPSA) is 34.9 Å². The minimum absolute atomic E-state index is 0.112. The van der Waals surface area contributed by atoms with Crippen molar-refractivity contribution >= 4 is 34.3 Å². The van der Waals surface area contributed by atoms with Gasteiger partial charge >= 0.3 is 4.87 Å². The highest BCUT2D eigenvalue weighted by Gasteiger charge is 2.02. The highest BCUT2D eigenvalue weighted by atomic mass is 35.5. The lowest BCUT2D eigenvalue weighted by molar-refractivity contribution is 0.632. The van der Waals surface area contributed by atoms with Crippen LogP contribution in [0.25, 0.3) is 0 Å². The Balaban J connectivity index is 1.84. The van der Waals surface area contributed by atoms with Crippen LogP contribution < -0.4 is 4.87 Å². The Morgan fingerprint density at radius 2 is 2.31 bits per heavy atom. The van der Waals surface area contributed by atoms with Gasteiger partial charge in [-0.3, -0.25) is 4.79 Å². The second-order valence-corrected chi connectivity index (χ2v) is 5.40. The maximum Gasteiger partial charge on any atom is 0.307 e. The number of rotatable bonds is 5. The van der Waals surface area contributed by atoms with Crippen LogP contribution in [0.1, 0.15) is 17.1 Å². The zero-order valence-corrected chi connectivity index (χ0v) is 10.9. The Morgan fingerprint density at radius 1 is 1.44 bits per heavy atom. The lowest BCUT2D eigenvalue weighted by atomic mass is 10.3. The molecule has 0 aliphatic carbocycles. The van der Waals surface area contributed by atoms with Crippen LogP contribution in [0.3, 0.4) is 0 Å². The van der Waals surface area contributed by atoms with E-state index in [-0.39, 0.29) is 4.87 Å². The number of thiazole rings is 2. The monoisotopic (exact) mass is 274 g/mol. The lowest BCUT2D eigenvalue weighted by Gasteiger charge is -1.98. The van der Waals surface area contributed by atoms with Gasteiger partial charge in [0.05, 0.1) is 16.6 Å². The smallest absolute Gasteiger partial charge is 0.306 e. The first kappa shape index (κ1) is 11.8. The first-order chi connectivity index (χ1) is 7.79. The summed E-state index contributed by atoms with van der Waals surface area (Å²) in [5, 5.41) is 4.90. The fraction of sp³-hybridized carbons (Fsp3) is 0.400. The second-order valence-electron chi connectivity index (χ2n) is 3.33. The standard InChI is InChI=1S/C10H11ClN2OS2/c11-6-8-7-16-9(12-8)2-1-3-13-4-5-15-10(13)14/h4-5,7H,1-3,6H2. The first-order valence-corrected chi connectivity index (χ1v) is 7.22. The van der Waals surface area contributed by atoms with Gasteiger partial charge in [-0.15, -0.1) is 22.9 Å². The molecule has 16 heavy (non-hydrogen) atoms. The first-order valence-electron chi connectivity index (χ1n) is 4.93. The lowest BCUT2D eigenvalue weighted by Crippen LogP contribution is -2.12. The number of hydrogen-bond acceptors (Lipinski definition) is 4. The van der Waals surface area contributed by atoms with Crippen molar-refractivity contribution in [1.82, 2.24) is 9.55 Å². The SMILES string of the molecule is O=c1sccn1CCCc1nc(CCl)cs1. The summed E-state index contributed by atoms with van der Waals surface area (Å²) >= 11 is 8.55. The van der Waals surface area contributed by atoms with E-state index in [2.05, 4.69) is 4.98 Å². The maximum atomic E-state index is 11.3. The molecule has 0 aromatic carbocycles. The van der Waals surface area contributed by atoms with E-state index in [0.29, 0.717) is 5.88 Å². The summed E-state index contributed by atoms with van der Waals surface area (Å²) < 4.78 is 1.74. The average Bonchev–Trinajstić information content (AvgIpc) is 2.89. The minimum Gasteiger partial charge on any atom is -0.306 e. The van der Waals surface area contributed by atoms with Gasteiger partial charge in [0, 0.05) is 29.9 Å². The number of nitrogens with zero attached hydrogens (tertiary/aromatic N) is 2. The number of halogens is 1. The van der Waals surface area contributed by atoms with Crippen molar-refractivity contribution in [2.75, 3.05) is 0 Å². The predicted octanol–water partition coefficient (Wildman–Crippen LogP) is 2.74. The third-order valence-corrected chi connectivity index (χ3v) is 4.10. The van der Waals surface area contributed by atoms with Gasteiger partial charge < -0.3 is 4.57 Å². The Morgan fingerprint density at radius 3 is 2.94 bits per heavy atom. The molecule has 86 valence electrons. The summed E-state index contributed by atoms with van der Waals surface area (Å²) in [5.41, 5.74) is 0.939. The van der Waals surface area contributed by atoms with Crippen molar-refractivity contribution < 1.29 is 0 Å². The van der Waals surface area contributed by atoms with E-state index in [0.717, 1.165) is 30.1 Å². The van der Waals surface area contributed by atoms with Crippen molar-refractivity contribution in [3.63, 3.8) is 0 Å². The Bertz CT molecular complexity index is 503. The molecule has 0 radical (unpaired) electrons. The molecule has 3 nitrogen and oxygen atoms in total. The van der Waals surface area contributed by atoms with Gasteiger partial charge in [-0.2, -0.15) is 0 Å². The largest absolute Gasteiger partial charge is 0.307 e. The molecule has 2 rings (SSSR count). The van der Waals surface area contributed by atoms with Crippen molar-refractivity contribution in [2.45, 2.75) is 25.3 Å². The third kappa shape index (κ3) is 2.93. The fourth-order valence-corrected chi connectivity index (χ4v) is 3.06. The quantitative estimate of drug-likeness (QED) is 0.786. The molecule has 2 aromatic heterocycles. The summed E-state index contributed by atoms with van der Waals surface area (Å²) in [7, 11) is 0. The van der Waals surface area contributed by atoms with Crippen LogP contribution in [0.2, 0.25) is 0 Å². The van der Waals surface area contributed by atoms with Crippen LogP contribution in [-0.2, 0) is 18.8 Å². The molecule has 6 heteroatoms. The van der Waals surface area contributed by atoms with Crippen molar-refractivity contribution in [3.8, 4) is 0 Å². The van der Waals surface area contributed by atoms with Crippen LogP contribution in [0.5, 0.6) is 0 Å². The van der Waals surface area contributed by atoms with Crippen LogP contribution in [0.15, 0.2) is 21.8 Å². The van der Waals surface area contributed by atoms with Gasteiger partial charge in [0.2, 0.25) is 0 Å². The molecule has 0 bridgehead atoms. The van der Waals surface area contributed by atoms with Gasteiger partial charge in [-0.25, -0.2) is 4.98 Å². The van der Waals surface area contributed by atoms with Gasteiger partial charge in [-0.1, -0.05) is 11.3 Å². The molecule has 0 unspecified atom stereocenters. The van der Waals surface area contributed by atoms with E-state index >= 15 is 0 Å².